The number of aryl methyl sites for hydroxylation is 2. The van der Waals surface area contributed by atoms with E-state index >= 15 is 0 Å². The van der Waals surface area contributed by atoms with E-state index in [1.165, 1.54) is 65.0 Å². The molecule has 2 aromatic heterocycles. The molecule has 1 aliphatic rings. The highest BCUT2D eigenvalue weighted by Gasteiger charge is 2.19. The molecule has 29 heavy (non-hydrogen) atoms. The molecule has 3 aromatic rings. The van der Waals surface area contributed by atoms with E-state index in [0.29, 0.717) is 10.3 Å². The number of carbonyl (C=O) groups excluding carboxylic acids is 1. The van der Waals surface area contributed by atoms with Crippen LogP contribution < -0.4 is 15.9 Å². The van der Waals surface area contributed by atoms with Gasteiger partial charge in [0.1, 0.15) is 5.58 Å². The molecule has 0 spiro atoms. The average Bonchev–Trinajstić information content (AvgIpc) is 3.07. The van der Waals surface area contributed by atoms with Crippen molar-refractivity contribution < 1.29 is 17.6 Å². The zero-order chi connectivity index (χ0) is 20.4. The Labute approximate surface area is 171 Å². The van der Waals surface area contributed by atoms with Crippen molar-refractivity contribution in [2.24, 2.45) is 0 Å². The smallest absolute Gasteiger partial charge is 0.336 e. The van der Waals surface area contributed by atoms with Gasteiger partial charge in [0, 0.05) is 16.3 Å². The first-order valence-electron chi connectivity index (χ1n) is 9.40. The van der Waals surface area contributed by atoms with Crippen LogP contribution >= 0.6 is 11.3 Å². The Morgan fingerprint density at radius 1 is 1.00 bits per heavy atom. The number of fused-ring (bicyclic) bond motifs is 2. The van der Waals surface area contributed by atoms with Gasteiger partial charge in [-0.2, -0.15) is 0 Å². The largest absolute Gasteiger partial charge is 0.423 e. The summed E-state index contributed by atoms with van der Waals surface area (Å²) in [6.45, 7) is 0. The first-order valence-corrected chi connectivity index (χ1v) is 11.7. The van der Waals surface area contributed by atoms with Crippen LogP contribution in [0.5, 0.6) is 0 Å². The van der Waals surface area contributed by atoms with Crippen molar-refractivity contribution in [3.63, 3.8) is 0 Å². The van der Waals surface area contributed by atoms with Gasteiger partial charge in [0.15, 0.2) is 0 Å². The Kier molecular flexibility index (Phi) is 5.53. The van der Waals surface area contributed by atoms with Crippen LogP contribution in [-0.4, -0.2) is 14.3 Å². The van der Waals surface area contributed by atoms with Gasteiger partial charge in [-0.25, -0.2) is 13.2 Å². The topological polar surface area (TPSA) is 105 Å². The molecule has 0 aliphatic heterocycles. The van der Waals surface area contributed by atoms with E-state index in [2.05, 4.69) is 10.3 Å². The number of amides is 1. The number of hydrogen-bond acceptors (Lipinski definition) is 6. The number of hydrazine groups is 1. The lowest BCUT2D eigenvalue weighted by Gasteiger charge is -2.08. The van der Waals surface area contributed by atoms with E-state index < -0.39 is 21.6 Å². The molecule has 2 N–H and O–H groups in total. The van der Waals surface area contributed by atoms with Crippen molar-refractivity contribution in [3.8, 4) is 0 Å². The average molecular weight is 433 g/mol. The molecular formula is C20H20N2O5S2. The fourth-order valence-electron chi connectivity index (χ4n) is 3.41. The van der Waals surface area contributed by atoms with Crippen LogP contribution in [0.1, 0.15) is 45.8 Å². The molecule has 0 unspecified atom stereocenters. The minimum atomic E-state index is -3.98. The molecule has 1 aromatic carbocycles. The molecule has 0 bridgehead atoms. The number of rotatable bonds is 4. The Bertz CT molecular complexity index is 1200. The number of nitrogens with one attached hydrogen (secondary N) is 2. The van der Waals surface area contributed by atoms with Crippen molar-refractivity contribution in [2.45, 2.75) is 43.4 Å². The van der Waals surface area contributed by atoms with E-state index in [1.54, 1.807) is 0 Å². The van der Waals surface area contributed by atoms with Crippen molar-refractivity contribution in [1.82, 2.24) is 10.3 Å². The summed E-state index contributed by atoms with van der Waals surface area (Å²) in [5, 5.41) is 0.469. The first-order chi connectivity index (χ1) is 13.9. The maximum atomic E-state index is 12.5. The summed E-state index contributed by atoms with van der Waals surface area (Å²) in [6.07, 6.45) is 6.55. The maximum Gasteiger partial charge on any atom is 0.336 e. The lowest BCUT2D eigenvalue weighted by Crippen LogP contribution is -2.41. The number of hydrogen-bond donors (Lipinski definition) is 2. The van der Waals surface area contributed by atoms with Gasteiger partial charge in [0.2, 0.25) is 0 Å². The van der Waals surface area contributed by atoms with Crippen LogP contribution in [0.25, 0.3) is 11.0 Å². The standard InChI is InChI=1S/C20H20N2O5S2/c23-19-10-7-13-11-15(8-9-16(13)27-19)29(25,26)22-21-20(24)18-12-14-5-3-1-2-4-6-17(14)28-18/h7-12,22H,1-6H2,(H,21,24). The highest BCUT2D eigenvalue weighted by Crippen LogP contribution is 2.28. The molecule has 0 saturated heterocycles. The van der Waals surface area contributed by atoms with Gasteiger partial charge in [0.25, 0.3) is 15.9 Å². The third-order valence-electron chi connectivity index (χ3n) is 4.92. The quantitative estimate of drug-likeness (QED) is 0.487. The Morgan fingerprint density at radius 3 is 2.62 bits per heavy atom. The molecule has 1 aliphatic carbocycles. The Balaban J connectivity index is 1.49. The first kappa shape index (κ1) is 19.8. The highest BCUT2D eigenvalue weighted by molar-refractivity contribution is 7.89. The summed E-state index contributed by atoms with van der Waals surface area (Å²) >= 11 is 1.43. The fraction of sp³-hybridized carbons (Fsp3) is 0.300. The SMILES string of the molecule is O=C(NNS(=O)(=O)c1ccc2oc(=O)ccc2c1)c1cc2c(s1)CCCCCC2. The second-order valence-corrected chi connectivity index (χ2v) is 9.81. The number of benzene rings is 1. The Morgan fingerprint density at radius 2 is 1.79 bits per heavy atom. The van der Waals surface area contributed by atoms with E-state index in [0.717, 1.165) is 25.7 Å². The van der Waals surface area contributed by atoms with Crippen molar-refractivity contribution in [1.29, 1.82) is 0 Å². The second kappa shape index (κ2) is 8.10. The second-order valence-electron chi connectivity index (χ2n) is 6.99. The minimum Gasteiger partial charge on any atom is -0.423 e. The predicted octanol–water partition coefficient (Wildman–Crippen LogP) is 3.14. The normalized spacial score (nSPS) is 14.8. The summed E-state index contributed by atoms with van der Waals surface area (Å²) < 4.78 is 30.1. The molecule has 2 heterocycles. The van der Waals surface area contributed by atoms with Crippen molar-refractivity contribution in [3.05, 3.63) is 62.1 Å². The van der Waals surface area contributed by atoms with Gasteiger partial charge in [-0.3, -0.25) is 10.2 Å². The molecule has 152 valence electrons. The van der Waals surface area contributed by atoms with E-state index in [1.807, 2.05) is 6.07 Å². The van der Waals surface area contributed by atoms with Crippen LogP contribution in [-0.2, 0) is 22.9 Å². The highest BCUT2D eigenvalue weighted by atomic mass is 32.2. The lowest BCUT2D eigenvalue weighted by molar-refractivity contribution is 0.0949. The summed E-state index contributed by atoms with van der Waals surface area (Å²) in [5.74, 6) is -0.475. The minimum absolute atomic E-state index is 0.0439. The third kappa shape index (κ3) is 4.42. The van der Waals surface area contributed by atoms with E-state index in [4.69, 9.17) is 4.42 Å². The number of thiophene rings is 1. The molecule has 0 saturated carbocycles. The molecule has 1 amide bonds. The summed E-state index contributed by atoms with van der Waals surface area (Å²) in [5.41, 5.74) is 3.27. The van der Waals surface area contributed by atoms with Crippen LogP contribution in [0.15, 0.2) is 50.5 Å². The molecular weight excluding hydrogens is 412 g/mol. The summed E-state index contributed by atoms with van der Waals surface area (Å²) in [6, 6.07) is 8.68. The molecule has 4 rings (SSSR count). The monoisotopic (exact) mass is 432 g/mol. The molecule has 0 radical (unpaired) electrons. The molecule has 0 atom stereocenters. The van der Waals surface area contributed by atoms with Crippen molar-refractivity contribution in [2.75, 3.05) is 0 Å². The van der Waals surface area contributed by atoms with Crippen LogP contribution in [0.3, 0.4) is 0 Å². The lowest BCUT2D eigenvalue weighted by atomic mass is 10.00. The maximum absolute atomic E-state index is 12.5. The summed E-state index contributed by atoms with van der Waals surface area (Å²) in [7, 11) is -3.98. The summed E-state index contributed by atoms with van der Waals surface area (Å²) in [4.78, 5) is 27.5. The predicted molar refractivity (Wildman–Crippen MR) is 110 cm³/mol. The molecule has 7 nitrogen and oxygen atoms in total. The van der Waals surface area contributed by atoms with Crippen LogP contribution in [0.4, 0.5) is 0 Å². The zero-order valence-corrected chi connectivity index (χ0v) is 17.2. The Hall–Kier alpha value is -2.49. The van der Waals surface area contributed by atoms with Gasteiger partial charge < -0.3 is 4.42 Å². The number of carbonyl (C=O) groups is 1. The molecule has 0 fully saturated rings. The van der Waals surface area contributed by atoms with Crippen LogP contribution in [0, 0.1) is 0 Å². The zero-order valence-electron chi connectivity index (χ0n) is 15.6. The van der Waals surface area contributed by atoms with Gasteiger partial charge in [0.05, 0.1) is 9.77 Å². The van der Waals surface area contributed by atoms with E-state index in [-0.39, 0.29) is 10.5 Å². The van der Waals surface area contributed by atoms with Gasteiger partial charge in [-0.1, -0.05) is 12.8 Å². The third-order valence-corrected chi connectivity index (χ3v) is 7.40. The van der Waals surface area contributed by atoms with Gasteiger partial charge in [-0.15, -0.1) is 16.2 Å². The number of sulfonamides is 1. The molecule has 9 heteroatoms. The van der Waals surface area contributed by atoms with E-state index in [9.17, 15) is 18.0 Å². The van der Waals surface area contributed by atoms with Crippen LogP contribution in [0.2, 0.25) is 0 Å². The van der Waals surface area contributed by atoms with Gasteiger partial charge in [-0.05, 0) is 61.6 Å². The van der Waals surface area contributed by atoms with Crippen molar-refractivity contribution >= 4 is 38.2 Å². The van der Waals surface area contributed by atoms with Gasteiger partial charge >= 0.3 is 5.63 Å². The fourth-order valence-corrected chi connectivity index (χ4v) is 5.43.